The van der Waals surface area contributed by atoms with Gasteiger partial charge in [-0.1, -0.05) is 31.8 Å². The van der Waals surface area contributed by atoms with Gasteiger partial charge in [0.15, 0.2) is 16.6 Å². The summed E-state index contributed by atoms with van der Waals surface area (Å²) in [5, 5.41) is 18.7. The van der Waals surface area contributed by atoms with Gasteiger partial charge < -0.3 is 45.2 Å². The van der Waals surface area contributed by atoms with Crippen LogP contribution in [-0.2, 0) is 35.2 Å². The maximum Gasteiger partial charge on any atom is 0.413 e. The fraction of sp³-hybridized carbons (Fsp3) is 0.632. The zero-order valence-electron chi connectivity index (χ0n) is 34.4. The third-order valence-corrected chi connectivity index (χ3v) is 9.32. The van der Waals surface area contributed by atoms with Crippen LogP contribution in [0.15, 0.2) is 27.6 Å². The highest BCUT2D eigenvalue weighted by Crippen LogP contribution is 2.38. The van der Waals surface area contributed by atoms with Crippen LogP contribution in [0.2, 0.25) is 0 Å². The monoisotopic (exact) mass is 832 g/mol. The Morgan fingerprint density at radius 1 is 1.00 bits per heavy atom. The molecule has 1 aliphatic carbocycles. The van der Waals surface area contributed by atoms with Gasteiger partial charge in [-0.05, 0) is 60.8 Å². The quantitative estimate of drug-likeness (QED) is 0.0450. The number of unbranched alkanes of at least 4 members (excludes halogenated alkanes) is 2. The standard InChI is InChI=1S/C38H56N8O11S/c1-9-11-16-53-27-21-46(54-17-12-10-2)23(18-26(27)47)19-39-33(51)40-20-24-28(30(48)41-24)43-31(49)29(25-22-58-34(42-25)44-35(52)56-37(6,7)8)45-57-38(14-13-15-38)32(50)55-36(3,4)5/h18,21-22,24,28H,9-17,19-20H2,1-8H3,(H,41,48)(H,43,49)(H2,39,40,51)(H,42,44,52)/b45-29-/t24-,28+/m1/s1. The van der Waals surface area contributed by atoms with Gasteiger partial charge in [0.05, 0.1) is 31.1 Å². The number of amides is 5. The van der Waals surface area contributed by atoms with Crippen molar-refractivity contribution in [1.82, 2.24) is 31.0 Å². The molecule has 19 nitrogen and oxygen atoms in total. The van der Waals surface area contributed by atoms with Crippen LogP contribution in [0.3, 0.4) is 0 Å². The Morgan fingerprint density at radius 3 is 2.31 bits per heavy atom. The second-order valence-corrected chi connectivity index (χ2v) is 16.7. The predicted octanol–water partition coefficient (Wildman–Crippen LogP) is 3.53. The Bertz CT molecular complexity index is 1880. The highest BCUT2D eigenvalue weighted by molar-refractivity contribution is 7.14. The normalized spacial score (nSPS) is 17.4. The Labute approximate surface area is 341 Å². The van der Waals surface area contributed by atoms with Crippen LogP contribution in [0.4, 0.5) is 14.7 Å². The molecule has 2 aliphatic rings. The summed E-state index contributed by atoms with van der Waals surface area (Å²) in [6.07, 6.45) is 5.32. The average Bonchev–Trinajstić information content (AvgIpc) is 3.56. The maximum atomic E-state index is 13.8. The molecule has 5 N–H and O–H groups in total. The molecule has 320 valence electrons. The second-order valence-electron chi connectivity index (χ2n) is 15.9. The second kappa shape index (κ2) is 19.8. The van der Waals surface area contributed by atoms with Crippen molar-refractivity contribution in [2.45, 2.75) is 136 Å². The lowest BCUT2D eigenvalue weighted by atomic mass is 9.80. The summed E-state index contributed by atoms with van der Waals surface area (Å²) in [7, 11) is 0. The van der Waals surface area contributed by atoms with Crippen LogP contribution in [0, 0.1) is 0 Å². The van der Waals surface area contributed by atoms with Crippen molar-refractivity contribution in [2.75, 3.05) is 25.1 Å². The molecule has 1 saturated heterocycles. The van der Waals surface area contributed by atoms with E-state index in [1.807, 2.05) is 13.8 Å². The van der Waals surface area contributed by atoms with Gasteiger partial charge in [0.1, 0.15) is 29.5 Å². The summed E-state index contributed by atoms with van der Waals surface area (Å²) in [5.41, 5.74) is -3.37. The highest BCUT2D eigenvalue weighted by Gasteiger charge is 2.51. The molecule has 3 heterocycles. The van der Waals surface area contributed by atoms with E-state index in [0.717, 1.165) is 37.0 Å². The minimum absolute atomic E-state index is 0.0151. The van der Waals surface area contributed by atoms with Gasteiger partial charge in [-0.15, -0.1) is 11.3 Å². The van der Waals surface area contributed by atoms with E-state index in [1.165, 1.54) is 22.4 Å². The minimum Gasteiger partial charge on any atom is -0.488 e. The first-order valence-electron chi connectivity index (χ1n) is 19.4. The maximum absolute atomic E-state index is 13.8. The van der Waals surface area contributed by atoms with Gasteiger partial charge in [0.2, 0.25) is 16.9 Å². The van der Waals surface area contributed by atoms with Crippen molar-refractivity contribution < 1.29 is 47.9 Å². The highest BCUT2D eigenvalue weighted by atomic mass is 32.1. The molecule has 1 saturated carbocycles. The fourth-order valence-electron chi connectivity index (χ4n) is 5.32. The molecule has 2 aromatic heterocycles. The van der Waals surface area contributed by atoms with Gasteiger partial charge >= 0.3 is 18.1 Å². The number of hydrogen-bond donors (Lipinski definition) is 5. The number of anilines is 1. The number of ether oxygens (including phenoxy) is 3. The summed E-state index contributed by atoms with van der Waals surface area (Å²) in [5.74, 6) is -1.89. The molecule has 5 amide bonds. The van der Waals surface area contributed by atoms with Crippen molar-refractivity contribution in [3.63, 3.8) is 0 Å². The van der Waals surface area contributed by atoms with Gasteiger partial charge in [-0.25, -0.2) is 19.4 Å². The van der Waals surface area contributed by atoms with E-state index >= 15 is 0 Å². The smallest absolute Gasteiger partial charge is 0.413 e. The Kier molecular flexibility index (Phi) is 15.5. The number of nitrogens with one attached hydrogen (secondary N) is 5. The largest absolute Gasteiger partial charge is 0.488 e. The third-order valence-electron chi connectivity index (χ3n) is 8.57. The van der Waals surface area contributed by atoms with E-state index in [9.17, 15) is 28.8 Å². The van der Waals surface area contributed by atoms with Crippen LogP contribution in [0.5, 0.6) is 5.75 Å². The summed E-state index contributed by atoms with van der Waals surface area (Å²) in [4.78, 5) is 93.6. The molecule has 20 heteroatoms. The first kappa shape index (κ1) is 45.3. The number of urea groups is 1. The lowest BCUT2D eigenvalue weighted by molar-refractivity contribution is -0.196. The van der Waals surface area contributed by atoms with Gasteiger partial charge in [0, 0.05) is 30.8 Å². The van der Waals surface area contributed by atoms with E-state index in [1.54, 1.807) is 41.5 Å². The third kappa shape index (κ3) is 13.1. The van der Waals surface area contributed by atoms with Crippen LogP contribution in [0.25, 0.3) is 0 Å². The number of pyridine rings is 1. The number of aromatic nitrogens is 2. The van der Waals surface area contributed by atoms with E-state index in [4.69, 9.17) is 23.9 Å². The zero-order valence-corrected chi connectivity index (χ0v) is 35.2. The first-order chi connectivity index (χ1) is 27.3. The Hall–Kier alpha value is -5.40. The zero-order chi connectivity index (χ0) is 42.7. The Balaban J connectivity index is 1.44. The number of carbonyl (C=O) groups is 5. The summed E-state index contributed by atoms with van der Waals surface area (Å²) < 4.78 is 17.9. The number of rotatable bonds is 19. The first-order valence-corrected chi connectivity index (χ1v) is 20.3. The lowest BCUT2D eigenvalue weighted by Gasteiger charge is -2.38. The van der Waals surface area contributed by atoms with Crippen LogP contribution in [-0.4, -0.2) is 94.0 Å². The number of nitrogens with zero attached hydrogens (tertiary/aromatic N) is 3. The average molecular weight is 833 g/mol. The number of hydrogen-bond acceptors (Lipinski definition) is 14. The molecular formula is C38H56N8O11S. The molecule has 2 atom stereocenters. The summed E-state index contributed by atoms with van der Waals surface area (Å²) in [6, 6.07) is -1.10. The number of esters is 1. The summed E-state index contributed by atoms with van der Waals surface area (Å²) in [6.45, 7) is 14.9. The molecule has 0 radical (unpaired) electrons. The van der Waals surface area contributed by atoms with Crippen LogP contribution in [0.1, 0.15) is 112 Å². The topological polar surface area (TPSA) is 239 Å². The molecule has 0 bridgehead atoms. The SMILES string of the molecule is CCCCOc1cn(OCCCC)c(CNC(=O)NC[C@H]2NC(=O)[C@H]2NC(=O)/C(=N\OC2(C(=O)OC(C)(C)C)CCC2)c2csc(NC(=O)OC(C)(C)C)n2)cc1=O. The van der Waals surface area contributed by atoms with E-state index < -0.39 is 58.8 Å². The predicted molar refractivity (Wildman–Crippen MR) is 214 cm³/mol. The number of β-lactam (4-membered cyclic amide) rings is 1. The van der Waals surface area contributed by atoms with Crippen molar-refractivity contribution in [2.24, 2.45) is 5.16 Å². The molecular weight excluding hydrogens is 777 g/mol. The summed E-state index contributed by atoms with van der Waals surface area (Å²) >= 11 is 0.984. The number of oxime groups is 1. The van der Waals surface area contributed by atoms with E-state index in [0.29, 0.717) is 38.2 Å². The van der Waals surface area contributed by atoms with Gasteiger partial charge in [0.25, 0.3) is 5.91 Å². The Morgan fingerprint density at radius 2 is 1.69 bits per heavy atom. The van der Waals surface area contributed by atoms with Crippen LogP contribution < -0.4 is 41.6 Å². The molecule has 0 unspecified atom stereocenters. The minimum atomic E-state index is -1.43. The van der Waals surface area contributed by atoms with E-state index in [-0.39, 0.29) is 40.8 Å². The fourth-order valence-corrected chi connectivity index (χ4v) is 6.00. The van der Waals surface area contributed by atoms with Crippen molar-refractivity contribution in [3.8, 4) is 5.75 Å². The molecule has 0 spiro atoms. The molecule has 58 heavy (non-hydrogen) atoms. The molecule has 2 aromatic rings. The molecule has 2 fully saturated rings. The van der Waals surface area contributed by atoms with Gasteiger partial charge in [-0.3, -0.25) is 19.7 Å². The number of thiazole rings is 1. The molecule has 1 aliphatic heterocycles. The van der Waals surface area contributed by atoms with Crippen molar-refractivity contribution in [1.29, 1.82) is 0 Å². The molecule has 4 rings (SSSR count). The van der Waals surface area contributed by atoms with Crippen molar-refractivity contribution >= 4 is 52.1 Å². The lowest BCUT2D eigenvalue weighted by Crippen LogP contribution is -2.72. The van der Waals surface area contributed by atoms with E-state index in [2.05, 4.69) is 36.7 Å². The van der Waals surface area contributed by atoms with Crippen molar-refractivity contribution in [3.05, 3.63) is 39.3 Å². The van der Waals surface area contributed by atoms with Crippen LogP contribution >= 0.6 is 11.3 Å². The molecule has 0 aromatic carbocycles. The number of carbonyl (C=O) groups excluding carboxylic acids is 5. The van der Waals surface area contributed by atoms with Gasteiger partial charge in [-0.2, -0.15) is 4.73 Å².